The number of amides is 3. The number of carbonyl (C=O) groups excluding carboxylic acids is 3. The largest absolute Gasteiger partial charge is 0.383 e. The van der Waals surface area contributed by atoms with Gasteiger partial charge in [-0.15, -0.1) is 0 Å². The van der Waals surface area contributed by atoms with Crippen LogP contribution in [0.2, 0.25) is 0 Å². The second-order valence-corrected chi connectivity index (χ2v) is 6.38. The lowest BCUT2D eigenvalue weighted by atomic mass is 10.1. The topological polar surface area (TPSA) is 96.8 Å². The number of aromatic nitrogens is 2. The van der Waals surface area contributed by atoms with E-state index in [1.54, 1.807) is 40.9 Å². The Hall–Kier alpha value is -2.42. The van der Waals surface area contributed by atoms with Gasteiger partial charge in [-0.1, -0.05) is 0 Å². The van der Waals surface area contributed by atoms with E-state index < -0.39 is 0 Å². The molecule has 3 amide bonds. The van der Waals surface area contributed by atoms with E-state index in [-0.39, 0.29) is 36.1 Å². The number of rotatable bonds is 6. The highest BCUT2D eigenvalue weighted by atomic mass is 16.5. The van der Waals surface area contributed by atoms with Crippen LogP contribution in [-0.4, -0.2) is 83.7 Å². The molecule has 2 fully saturated rings. The summed E-state index contributed by atoms with van der Waals surface area (Å²) in [7, 11) is 3.19. The summed E-state index contributed by atoms with van der Waals surface area (Å²) in [5.74, 6) is -0.556. The first-order valence-corrected chi connectivity index (χ1v) is 8.36. The van der Waals surface area contributed by atoms with Crippen molar-refractivity contribution in [3.63, 3.8) is 0 Å². The van der Waals surface area contributed by atoms with Crippen molar-refractivity contribution >= 4 is 17.7 Å². The number of hydrogen-bond donors (Lipinski definition) is 1. The van der Waals surface area contributed by atoms with Crippen LogP contribution in [0.1, 0.15) is 16.9 Å². The van der Waals surface area contributed by atoms with Gasteiger partial charge in [0.1, 0.15) is 5.69 Å². The van der Waals surface area contributed by atoms with E-state index in [9.17, 15) is 14.4 Å². The Bertz CT molecular complexity index is 667. The molecule has 9 heteroatoms. The molecule has 3 rings (SSSR count). The molecule has 2 aliphatic heterocycles. The average molecular weight is 349 g/mol. The first-order valence-electron chi connectivity index (χ1n) is 8.36. The van der Waals surface area contributed by atoms with Gasteiger partial charge in [-0.2, -0.15) is 5.10 Å². The molecule has 1 N–H and O–H groups in total. The van der Waals surface area contributed by atoms with E-state index >= 15 is 0 Å². The summed E-state index contributed by atoms with van der Waals surface area (Å²) in [6, 6.07) is 1.68. The fourth-order valence-electron chi connectivity index (χ4n) is 3.23. The average Bonchev–Trinajstić information content (AvgIpc) is 3.18. The molecule has 0 aliphatic carbocycles. The van der Waals surface area contributed by atoms with E-state index in [2.05, 4.69) is 10.4 Å². The van der Waals surface area contributed by atoms with Gasteiger partial charge in [0.2, 0.25) is 11.8 Å². The van der Waals surface area contributed by atoms with E-state index in [4.69, 9.17) is 4.74 Å². The Morgan fingerprint density at radius 3 is 2.80 bits per heavy atom. The van der Waals surface area contributed by atoms with Gasteiger partial charge in [0, 0.05) is 46.4 Å². The van der Waals surface area contributed by atoms with Crippen LogP contribution in [0, 0.1) is 5.92 Å². The molecule has 1 aromatic rings. The molecule has 0 saturated carbocycles. The minimum Gasteiger partial charge on any atom is -0.383 e. The molecule has 2 aliphatic rings. The van der Waals surface area contributed by atoms with E-state index in [1.807, 2.05) is 0 Å². The lowest BCUT2D eigenvalue weighted by Gasteiger charge is -2.43. The first kappa shape index (κ1) is 17.4. The number of carbonyl (C=O) groups is 3. The summed E-state index contributed by atoms with van der Waals surface area (Å²) in [4.78, 5) is 39.6. The Labute approximate surface area is 145 Å². The molecule has 0 spiro atoms. The SMILES string of the molecule is CNC(=O)C1CC(=O)N(C2CN(C(=O)c3ccn(CCOC)n3)C2)C1. The molecule has 0 radical (unpaired) electrons. The molecule has 2 saturated heterocycles. The maximum absolute atomic E-state index is 12.4. The number of nitrogens with zero attached hydrogens (tertiary/aromatic N) is 4. The maximum Gasteiger partial charge on any atom is 0.274 e. The van der Waals surface area contributed by atoms with Crippen molar-refractivity contribution in [2.75, 3.05) is 40.4 Å². The number of hydrogen-bond acceptors (Lipinski definition) is 5. The zero-order valence-electron chi connectivity index (χ0n) is 14.5. The van der Waals surface area contributed by atoms with Crippen molar-refractivity contribution in [1.29, 1.82) is 0 Å². The van der Waals surface area contributed by atoms with Gasteiger partial charge in [-0.3, -0.25) is 19.1 Å². The molecular formula is C16H23N5O4. The van der Waals surface area contributed by atoms with Crippen LogP contribution >= 0.6 is 0 Å². The lowest BCUT2D eigenvalue weighted by molar-refractivity contribution is -0.132. The number of methoxy groups -OCH3 is 1. The van der Waals surface area contributed by atoms with Crippen molar-refractivity contribution in [2.45, 2.75) is 19.0 Å². The Kier molecular flexibility index (Phi) is 5.03. The Morgan fingerprint density at radius 1 is 1.36 bits per heavy atom. The summed E-state index contributed by atoms with van der Waals surface area (Å²) < 4.78 is 6.66. The Morgan fingerprint density at radius 2 is 2.12 bits per heavy atom. The van der Waals surface area contributed by atoms with Crippen LogP contribution in [0.5, 0.6) is 0 Å². The third kappa shape index (κ3) is 3.51. The second-order valence-electron chi connectivity index (χ2n) is 6.38. The second kappa shape index (κ2) is 7.22. The van der Waals surface area contributed by atoms with Crippen molar-refractivity contribution in [1.82, 2.24) is 24.9 Å². The molecule has 3 heterocycles. The third-order valence-electron chi connectivity index (χ3n) is 4.75. The van der Waals surface area contributed by atoms with Gasteiger partial charge in [0.05, 0.1) is 25.1 Å². The normalized spacial score (nSPS) is 20.7. The fourth-order valence-corrected chi connectivity index (χ4v) is 3.23. The monoisotopic (exact) mass is 349 g/mol. The Balaban J connectivity index is 1.52. The van der Waals surface area contributed by atoms with Gasteiger partial charge in [-0.05, 0) is 6.07 Å². The molecule has 25 heavy (non-hydrogen) atoms. The molecule has 9 nitrogen and oxygen atoms in total. The molecular weight excluding hydrogens is 326 g/mol. The highest BCUT2D eigenvalue weighted by molar-refractivity contribution is 5.93. The lowest BCUT2D eigenvalue weighted by Crippen LogP contribution is -2.61. The number of likely N-dealkylation sites (tertiary alicyclic amines) is 2. The molecule has 0 bridgehead atoms. The van der Waals surface area contributed by atoms with Crippen LogP contribution in [-0.2, 0) is 20.9 Å². The van der Waals surface area contributed by atoms with Gasteiger partial charge in [0.25, 0.3) is 5.91 Å². The van der Waals surface area contributed by atoms with Crippen LogP contribution in [0.3, 0.4) is 0 Å². The number of ether oxygens (including phenoxy) is 1. The zero-order valence-corrected chi connectivity index (χ0v) is 14.5. The van der Waals surface area contributed by atoms with Crippen molar-refractivity contribution < 1.29 is 19.1 Å². The predicted molar refractivity (Wildman–Crippen MR) is 87.7 cm³/mol. The predicted octanol–water partition coefficient (Wildman–Crippen LogP) is -1.05. The van der Waals surface area contributed by atoms with Gasteiger partial charge >= 0.3 is 0 Å². The summed E-state index contributed by atoms with van der Waals surface area (Å²) in [6.45, 7) is 2.52. The maximum atomic E-state index is 12.4. The van der Waals surface area contributed by atoms with Crippen LogP contribution in [0.25, 0.3) is 0 Å². The highest BCUT2D eigenvalue weighted by Crippen LogP contribution is 2.25. The first-order chi connectivity index (χ1) is 12.0. The standard InChI is InChI=1S/C16H23N5O4/c1-17-15(23)11-7-14(22)21(8-11)12-9-19(10-12)16(24)13-3-4-20(18-13)5-6-25-2/h3-4,11-12H,5-10H2,1-2H3,(H,17,23). The smallest absolute Gasteiger partial charge is 0.274 e. The summed E-state index contributed by atoms with van der Waals surface area (Å²) >= 11 is 0. The zero-order chi connectivity index (χ0) is 18.0. The van der Waals surface area contributed by atoms with E-state index in [1.165, 1.54) is 0 Å². The molecule has 1 aromatic heterocycles. The highest BCUT2D eigenvalue weighted by Gasteiger charge is 2.43. The van der Waals surface area contributed by atoms with Gasteiger partial charge in [0.15, 0.2) is 0 Å². The molecule has 1 unspecified atom stereocenters. The molecule has 0 aromatic carbocycles. The quantitative estimate of drug-likeness (QED) is 0.707. The molecule has 136 valence electrons. The van der Waals surface area contributed by atoms with Crippen molar-refractivity contribution in [3.8, 4) is 0 Å². The molecule has 1 atom stereocenters. The summed E-state index contributed by atoms with van der Waals surface area (Å²) in [5.41, 5.74) is 0.394. The van der Waals surface area contributed by atoms with Gasteiger partial charge < -0.3 is 19.9 Å². The van der Waals surface area contributed by atoms with Crippen LogP contribution in [0.4, 0.5) is 0 Å². The van der Waals surface area contributed by atoms with Crippen LogP contribution in [0.15, 0.2) is 12.3 Å². The van der Waals surface area contributed by atoms with Crippen molar-refractivity contribution in [3.05, 3.63) is 18.0 Å². The third-order valence-corrected chi connectivity index (χ3v) is 4.75. The summed E-state index contributed by atoms with van der Waals surface area (Å²) in [5, 5.41) is 6.83. The van der Waals surface area contributed by atoms with Crippen LogP contribution < -0.4 is 5.32 Å². The van der Waals surface area contributed by atoms with Crippen molar-refractivity contribution in [2.24, 2.45) is 5.92 Å². The fraction of sp³-hybridized carbons (Fsp3) is 0.625. The van der Waals surface area contributed by atoms with E-state index in [0.717, 1.165) is 0 Å². The van der Waals surface area contributed by atoms with Gasteiger partial charge in [-0.25, -0.2) is 0 Å². The number of nitrogens with one attached hydrogen (secondary N) is 1. The minimum atomic E-state index is -0.293. The minimum absolute atomic E-state index is 0.0123. The summed E-state index contributed by atoms with van der Waals surface area (Å²) in [6.07, 6.45) is 2.00. The van der Waals surface area contributed by atoms with E-state index in [0.29, 0.717) is 38.5 Å².